The molecule has 106 valence electrons. The Hall–Kier alpha value is -1.82. The quantitative estimate of drug-likeness (QED) is 0.505. The molecule has 20 heavy (non-hydrogen) atoms. The number of rotatable bonds is 5. The van der Waals surface area contributed by atoms with Crippen LogP contribution in [0.15, 0.2) is 34.2 Å². The van der Waals surface area contributed by atoms with Gasteiger partial charge in [0.1, 0.15) is 5.82 Å². The smallest absolute Gasteiger partial charge is 0.251 e. The molecule has 0 amide bonds. The molecule has 0 bridgehead atoms. The van der Waals surface area contributed by atoms with Crippen LogP contribution in [-0.4, -0.2) is 9.97 Å². The second kappa shape index (κ2) is 6.56. The summed E-state index contributed by atoms with van der Waals surface area (Å²) in [5.74, 6) is 0.141. The fourth-order valence-electron chi connectivity index (χ4n) is 1.85. The van der Waals surface area contributed by atoms with Crippen molar-refractivity contribution in [3.63, 3.8) is 0 Å². The molecule has 0 fully saturated rings. The third kappa shape index (κ3) is 4.09. The van der Waals surface area contributed by atoms with Crippen LogP contribution < -0.4 is 11.3 Å². The maximum Gasteiger partial charge on any atom is 0.251 e. The van der Waals surface area contributed by atoms with Crippen LogP contribution in [0.1, 0.15) is 24.6 Å². The lowest BCUT2D eigenvalue weighted by atomic mass is 10.2. The fraction of sp³-hybridized carbons (Fsp3) is 0.286. The molecule has 1 aromatic carbocycles. The predicted octanol–water partition coefficient (Wildman–Crippen LogP) is 2.74. The molecule has 0 atom stereocenters. The van der Waals surface area contributed by atoms with E-state index < -0.39 is 0 Å². The first-order valence-electron chi connectivity index (χ1n) is 6.35. The highest BCUT2D eigenvalue weighted by molar-refractivity contribution is 7.98. The van der Waals surface area contributed by atoms with E-state index in [2.05, 4.69) is 9.97 Å². The van der Waals surface area contributed by atoms with Crippen LogP contribution in [0.5, 0.6) is 0 Å². The molecule has 3 N–H and O–H groups in total. The van der Waals surface area contributed by atoms with Gasteiger partial charge < -0.3 is 10.7 Å². The van der Waals surface area contributed by atoms with Crippen LogP contribution in [0, 0.1) is 5.82 Å². The summed E-state index contributed by atoms with van der Waals surface area (Å²) in [6.07, 6.45) is 1.70. The largest absolute Gasteiger partial charge is 0.399 e. The van der Waals surface area contributed by atoms with E-state index in [1.54, 1.807) is 6.07 Å². The number of benzene rings is 1. The average molecular weight is 293 g/mol. The lowest BCUT2D eigenvalue weighted by Crippen LogP contribution is -2.10. The normalized spacial score (nSPS) is 10.7. The highest BCUT2D eigenvalue weighted by Crippen LogP contribution is 2.21. The minimum absolute atomic E-state index is 0.162. The van der Waals surface area contributed by atoms with E-state index in [0.717, 1.165) is 24.1 Å². The number of halogens is 1. The van der Waals surface area contributed by atoms with Crippen molar-refractivity contribution >= 4 is 17.4 Å². The third-order valence-electron chi connectivity index (χ3n) is 2.63. The Labute approximate surface area is 120 Å². The van der Waals surface area contributed by atoms with E-state index >= 15 is 0 Å². The standard InChI is InChI=1S/C14H16FN3OS/c1-2-3-12-7-13(19)18-14(17-12)20-8-9-4-10(15)6-11(16)5-9/h4-7H,2-3,8,16H2,1H3,(H,17,18,19). The van der Waals surface area contributed by atoms with Crippen molar-refractivity contribution in [3.8, 4) is 0 Å². The zero-order valence-corrected chi connectivity index (χ0v) is 12.0. The minimum atomic E-state index is -0.359. The van der Waals surface area contributed by atoms with Gasteiger partial charge in [0.25, 0.3) is 5.56 Å². The topological polar surface area (TPSA) is 71.8 Å². The van der Waals surface area contributed by atoms with Crippen LogP contribution in [0.4, 0.5) is 10.1 Å². The van der Waals surface area contributed by atoms with Crippen molar-refractivity contribution in [2.75, 3.05) is 5.73 Å². The first-order valence-corrected chi connectivity index (χ1v) is 7.33. The molecule has 4 nitrogen and oxygen atoms in total. The van der Waals surface area contributed by atoms with E-state index in [1.165, 1.54) is 30.0 Å². The fourth-order valence-corrected chi connectivity index (χ4v) is 2.67. The molecule has 0 unspecified atom stereocenters. The highest BCUT2D eigenvalue weighted by Gasteiger charge is 2.04. The maximum absolute atomic E-state index is 13.2. The molecule has 0 saturated heterocycles. The van der Waals surface area contributed by atoms with Gasteiger partial charge in [-0.25, -0.2) is 9.37 Å². The average Bonchev–Trinajstić information content (AvgIpc) is 2.35. The Morgan fingerprint density at radius 2 is 2.15 bits per heavy atom. The Morgan fingerprint density at radius 1 is 1.35 bits per heavy atom. The van der Waals surface area contributed by atoms with Gasteiger partial charge in [-0.15, -0.1) is 0 Å². The van der Waals surface area contributed by atoms with Crippen molar-refractivity contribution < 1.29 is 4.39 Å². The lowest BCUT2D eigenvalue weighted by molar-refractivity contribution is 0.627. The van der Waals surface area contributed by atoms with E-state index in [4.69, 9.17) is 5.73 Å². The number of hydrogen-bond acceptors (Lipinski definition) is 4. The van der Waals surface area contributed by atoms with Crippen molar-refractivity contribution in [2.45, 2.75) is 30.7 Å². The van der Waals surface area contributed by atoms with E-state index in [-0.39, 0.29) is 11.4 Å². The van der Waals surface area contributed by atoms with Crippen LogP contribution >= 0.6 is 11.8 Å². The number of nitrogens with zero attached hydrogens (tertiary/aromatic N) is 1. The van der Waals surface area contributed by atoms with Crippen molar-refractivity contribution in [1.82, 2.24) is 9.97 Å². The van der Waals surface area contributed by atoms with Gasteiger partial charge in [-0.05, 0) is 30.2 Å². The first-order chi connectivity index (χ1) is 9.56. The monoisotopic (exact) mass is 293 g/mol. The Bertz CT molecular complexity index is 637. The van der Waals surface area contributed by atoms with Crippen LogP contribution in [0.25, 0.3) is 0 Å². The van der Waals surface area contributed by atoms with Gasteiger partial charge in [0.15, 0.2) is 5.16 Å². The van der Waals surface area contributed by atoms with Crippen molar-refractivity contribution in [3.05, 3.63) is 51.7 Å². The number of hydrogen-bond donors (Lipinski definition) is 2. The summed E-state index contributed by atoms with van der Waals surface area (Å²) < 4.78 is 13.2. The molecule has 0 saturated carbocycles. The van der Waals surface area contributed by atoms with Gasteiger partial charge in [0, 0.05) is 23.2 Å². The van der Waals surface area contributed by atoms with Crippen molar-refractivity contribution in [2.24, 2.45) is 0 Å². The Kier molecular flexibility index (Phi) is 4.79. The Morgan fingerprint density at radius 3 is 2.85 bits per heavy atom. The number of nitrogens with two attached hydrogens (primary N) is 1. The summed E-state index contributed by atoms with van der Waals surface area (Å²) >= 11 is 1.36. The molecular formula is C14H16FN3OS. The molecule has 2 aromatic rings. The molecule has 6 heteroatoms. The van der Waals surface area contributed by atoms with Gasteiger partial charge in [-0.1, -0.05) is 25.1 Å². The number of aromatic nitrogens is 2. The molecule has 0 spiro atoms. The van der Waals surface area contributed by atoms with E-state index in [0.29, 0.717) is 16.6 Å². The number of aromatic amines is 1. The predicted molar refractivity (Wildman–Crippen MR) is 79.2 cm³/mol. The summed E-state index contributed by atoms with van der Waals surface area (Å²) in [4.78, 5) is 18.6. The van der Waals surface area contributed by atoms with Crippen LogP contribution in [0.2, 0.25) is 0 Å². The van der Waals surface area contributed by atoms with Gasteiger partial charge in [-0.3, -0.25) is 4.79 Å². The van der Waals surface area contributed by atoms with E-state index in [1.807, 2.05) is 6.92 Å². The maximum atomic E-state index is 13.2. The number of H-pyrrole nitrogens is 1. The molecule has 0 radical (unpaired) electrons. The van der Waals surface area contributed by atoms with Gasteiger partial charge in [0.05, 0.1) is 0 Å². The first kappa shape index (κ1) is 14.6. The number of anilines is 1. The molecular weight excluding hydrogens is 277 g/mol. The molecule has 1 aromatic heterocycles. The summed E-state index contributed by atoms with van der Waals surface area (Å²) in [6.45, 7) is 2.03. The van der Waals surface area contributed by atoms with Crippen molar-refractivity contribution in [1.29, 1.82) is 0 Å². The number of aryl methyl sites for hydroxylation is 1. The summed E-state index contributed by atoms with van der Waals surface area (Å²) in [6, 6.07) is 5.92. The molecule has 0 aliphatic rings. The number of nitrogen functional groups attached to an aromatic ring is 1. The minimum Gasteiger partial charge on any atom is -0.399 e. The summed E-state index contributed by atoms with van der Waals surface area (Å²) in [5.41, 5.74) is 7.36. The number of nitrogens with one attached hydrogen (secondary N) is 1. The lowest BCUT2D eigenvalue weighted by Gasteiger charge is -2.05. The summed E-state index contributed by atoms with van der Waals surface area (Å²) in [7, 11) is 0. The molecule has 2 rings (SSSR count). The van der Waals surface area contributed by atoms with Gasteiger partial charge in [0.2, 0.25) is 0 Å². The van der Waals surface area contributed by atoms with Crippen LogP contribution in [-0.2, 0) is 12.2 Å². The van der Waals surface area contributed by atoms with Gasteiger partial charge >= 0.3 is 0 Å². The van der Waals surface area contributed by atoms with Crippen LogP contribution in [0.3, 0.4) is 0 Å². The number of thioether (sulfide) groups is 1. The highest BCUT2D eigenvalue weighted by atomic mass is 32.2. The molecule has 1 heterocycles. The third-order valence-corrected chi connectivity index (χ3v) is 3.58. The summed E-state index contributed by atoms with van der Waals surface area (Å²) in [5, 5.41) is 0.545. The van der Waals surface area contributed by atoms with Gasteiger partial charge in [-0.2, -0.15) is 0 Å². The zero-order valence-electron chi connectivity index (χ0n) is 11.1. The SMILES string of the molecule is CCCc1cc(=O)[nH]c(SCc2cc(N)cc(F)c2)n1. The van der Waals surface area contributed by atoms with E-state index in [9.17, 15) is 9.18 Å². The zero-order chi connectivity index (χ0) is 14.5. The Balaban J connectivity index is 2.12. The molecule has 0 aliphatic heterocycles. The second-order valence-electron chi connectivity index (χ2n) is 4.47. The second-order valence-corrected chi connectivity index (χ2v) is 5.44. The molecule has 0 aliphatic carbocycles.